The van der Waals surface area contributed by atoms with Crippen molar-refractivity contribution >= 4 is 12.0 Å². The van der Waals surface area contributed by atoms with Gasteiger partial charge in [-0.05, 0) is 31.7 Å². The summed E-state index contributed by atoms with van der Waals surface area (Å²) in [5.74, 6) is -0.817. The summed E-state index contributed by atoms with van der Waals surface area (Å²) in [5.41, 5.74) is 2.13. The Bertz CT molecular complexity index is 483. The van der Waals surface area contributed by atoms with Gasteiger partial charge in [-0.3, -0.25) is 0 Å². The van der Waals surface area contributed by atoms with E-state index in [0.29, 0.717) is 6.42 Å². The normalized spacial score (nSPS) is 13.6. The van der Waals surface area contributed by atoms with Gasteiger partial charge in [0.05, 0.1) is 6.04 Å². The summed E-state index contributed by atoms with van der Waals surface area (Å²) in [4.78, 5) is 23.0. The summed E-state index contributed by atoms with van der Waals surface area (Å²) in [7, 11) is 0. The molecule has 0 aliphatic heterocycles. The standard InChI is InChI=1S/C16H24N2O3/c1-10(2)9-14(15(19)20)18-16(21)17-12(4)13-7-5-11(3)6-8-13/h5-8,10,12,14H,9H2,1-4H3,(H,19,20)(H2,17,18,21). The molecule has 0 aromatic heterocycles. The molecule has 1 aromatic rings. The lowest BCUT2D eigenvalue weighted by atomic mass is 10.0. The average molecular weight is 292 g/mol. The highest BCUT2D eigenvalue weighted by Crippen LogP contribution is 2.13. The molecule has 5 heteroatoms. The third-order valence-corrected chi connectivity index (χ3v) is 3.24. The van der Waals surface area contributed by atoms with Gasteiger partial charge in [-0.2, -0.15) is 0 Å². The van der Waals surface area contributed by atoms with E-state index in [9.17, 15) is 9.59 Å². The molecular weight excluding hydrogens is 268 g/mol. The van der Waals surface area contributed by atoms with Crippen LogP contribution in [0.15, 0.2) is 24.3 Å². The van der Waals surface area contributed by atoms with E-state index in [1.165, 1.54) is 0 Å². The summed E-state index contributed by atoms with van der Waals surface area (Å²) in [6.07, 6.45) is 0.404. The van der Waals surface area contributed by atoms with Crippen molar-refractivity contribution in [3.05, 3.63) is 35.4 Å². The smallest absolute Gasteiger partial charge is 0.326 e. The third kappa shape index (κ3) is 5.85. The second-order valence-electron chi connectivity index (χ2n) is 5.77. The Hall–Kier alpha value is -2.04. The van der Waals surface area contributed by atoms with Crippen LogP contribution in [0.25, 0.3) is 0 Å². The highest BCUT2D eigenvalue weighted by molar-refractivity contribution is 5.82. The van der Waals surface area contributed by atoms with Crippen LogP contribution in [0.2, 0.25) is 0 Å². The lowest BCUT2D eigenvalue weighted by Crippen LogP contribution is -2.47. The molecule has 1 rings (SSSR count). The Labute approximate surface area is 125 Å². The summed E-state index contributed by atoms with van der Waals surface area (Å²) in [6, 6.07) is 6.34. The minimum absolute atomic E-state index is 0.181. The van der Waals surface area contributed by atoms with Gasteiger partial charge in [0.15, 0.2) is 0 Å². The Morgan fingerprint density at radius 3 is 2.14 bits per heavy atom. The average Bonchev–Trinajstić information content (AvgIpc) is 2.37. The fraction of sp³-hybridized carbons (Fsp3) is 0.500. The first kappa shape index (κ1) is 17.0. The first-order valence-corrected chi connectivity index (χ1v) is 7.16. The second-order valence-corrected chi connectivity index (χ2v) is 5.77. The minimum Gasteiger partial charge on any atom is -0.480 e. The number of hydrogen-bond acceptors (Lipinski definition) is 2. The molecular formula is C16H24N2O3. The van der Waals surface area contributed by atoms with Crippen molar-refractivity contribution in [3.8, 4) is 0 Å². The van der Waals surface area contributed by atoms with Gasteiger partial charge in [-0.1, -0.05) is 43.7 Å². The minimum atomic E-state index is -1.01. The maximum atomic E-state index is 11.9. The van der Waals surface area contributed by atoms with Gasteiger partial charge in [0.1, 0.15) is 6.04 Å². The number of carboxylic acids is 1. The van der Waals surface area contributed by atoms with Crippen LogP contribution in [0.1, 0.15) is 44.4 Å². The number of amides is 2. The monoisotopic (exact) mass is 292 g/mol. The zero-order valence-electron chi connectivity index (χ0n) is 13.0. The zero-order chi connectivity index (χ0) is 16.0. The molecule has 0 fully saturated rings. The van der Waals surface area contributed by atoms with Crippen molar-refractivity contribution in [2.45, 2.75) is 46.2 Å². The van der Waals surface area contributed by atoms with Crippen LogP contribution < -0.4 is 10.6 Å². The van der Waals surface area contributed by atoms with Crippen molar-refractivity contribution in [1.82, 2.24) is 10.6 Å². The molecule has 0 aliphatic carbocycles. The van der Waals surface area contributed by atoms with Crippen LogP contribution in [-0.4, -0.2) is 23.1 Å². The molecule has 116 valence electrons. The first-order valence-electron chi connectivity index (χ1n) is 7.16. The molecule has 0 heterocycles. The number of urea groups is 1. The number of benzene rings is 1. The SMILES string of the molecule is Cc1ccc(C(C)NC(=O)NC(CC(C)C)C(=O)O)cc1. The number of carbonyl (C=O) groups is 2. The molecule has 0 saturated heterocycles. The molecule has 21 heavy (non-hydrogen) atoms. The lowest BCUT2D eigenvalue weighted by molar-refractivity contribution is -0.139. The number of aliphatic carboxylic acids is 1. The van der Waals surface area contributed by atoms with Crippen LogP contribution >= 0.6 is 0 Å². The highest BCUT2D eigenvalue weighted by Gasteiger charge is 2.21. The van der Waals surface area contributed by atoms with Crippen LogP contribution in [-0.2, 0) is 4.79 Å². The number of carbonyl (C=O) groups excluding carboxylic acids is 1. The molecule has 5 nitrogen and oxygen atoms in total. The Balaban J connectivity index is 2.59. The van der Waals surface area contributed by atoms with E-state index < -0.39 is 18.0 Å². The maximum Gasteiger partial charge on any atom is 0.326 e. The first-order chi connectivity index (χ1) is 9.79. The van der Waals surface area contributed by atoms with Crippen LogP contribution in [0.3, 0.4) is 0 Å². The van der Waals surface area contributed by atoms with E-state index in [2.05, 4.69) is 10.6 Å². The molecule has 0 bridgehead atoms. The Morgan fingerprint density at radius 2 is 1.67 bits per heavy atom. The fourth-order valence-corrected chi connectivity index (χ4v) is 2.03. The van der Waals surface area contributed by atoms with Gasteiger partial charge in [0.25, 0.3) is 0 Å². The predicted molar refractivity (Wildman–Crippen MR) is 82.1 cm³/mol. The van der Waals surface area contributed by atoms with Crippen molar-refractivity contribution in [2.75, 3.05) is 0 Å². The van der Waals surface area contributed by atoms with E-state index >= 15 is 0 Å². The third-order valence-electron chi connectivity index (χ3n) is 3.24. The van der Waals surface area contributed by atoms with E-state index in [-0.39, 0.29) is 12.0 Å². The molecule has 2 unspecified atom stereocenters. The molecule has 0 saturated carbocycles. The largest absolute Gasteiger partial charge is 0.480 e. The van der Waals surface area contributed by atoms with Crippen molar-refractivity contribution < 1.29 is 14.7 Å². The molecule has 0 spiro atoms. The fourth-order valence-electron chi connectivity index (χ4n) is 2.03. The highest BCUT2D eigenvalue weighted by atomic mass is 16.4. The van der Waals surface area contributed by atoms with Crippen molar-refractivity contribution in [1.29, 1.82) is 0 Å². The number of rotatable bonds is 6. The number of aryl methyl sites for hydroxylation is 1. The predicted octanol–water partition coefficient (Wildman–Crippen LogP) is 2.85. The van der Waals surface area contributed by atoms with Gasteiger partial charge in [-0.25, -0.2) is 9.59 Å². The topological polar surface area (TPSA) is 78.4 Å². The zero-order valence-corrected chi connectivity index (χ0v) is 13.0. The molecule has 0 radical (unpaired) electrons. The van der Waals surface area contributed by atoms with Crippen LogP contribution in [0, 0.1) is 12.8 Å². The molecule has 2 amide bonds. The molecule has 2 atom stereocenters. The number of carboxylic acid groups (broad SMARTS) is 1. The number of hydrogen-bond donors (Lipinski definition) is 3. The second kappa shape index (κ2) is 7.67. The quantitative estimate of drug-likeness (QED) is 0.754. The summed E-state index contributed by atoms with van der Waals surface area (Å²) in [5, 5.41) is 14.4. The van der Waals surface area contributed by atoms with Crippen LogP contribution in [0.5, 0.6) is 0 Å². The maximum absolute atomic E-state index is 11.9. The van der Waals surface area contributed by atoms with Gasteiger partial charge >= 0.3 is 12.0 Å². The summed E-state index contributed by atoms with van der Waals surface area (Å²) in [6.45, 7) is 7.70. The summed E-state index contributed by atoms with van der Waals surface area (Å²) < 4.78 is 0. The molecule has 3 N–H and O–H groups in total. The van der Waals surface area contributed by atoms with E-state index in [0.717, 1.165) is 11.1 Å². The molecule has 1 aromatic carbocycles. The van der Waals surface area contributed by atoms with E-state index in [1.807, 2.05) is 52.0 Å². The summed E-state index contributed by atoms with van der Waals surface area (Å²) >= 11 is 0. The van der Waals surface area contributed by atoms with Gasteiger partial charge in [0.2, 0.25) is 0 Å². The molecule has 0 aliphatic rings. The van der Waals surface area contributed by atoms with Gasteiger partial charge in [-0.15, -0.1) is 0 Å². The van der Waals surface area contributed by atoms with Crippen LogP contribution in [0.4, 0.5) is 4.79 Å². The van der Waals surface area contributed by atoms with Crippen molar-refractivity contribution in [2.24, 2.45) is 5.92 Å². The van der Waals surface area contributed by atoms with Gasteiger partial charge < -0.3 is 15.7 Å². The van der Waals surface area contributed by atoms with Gasteiger partial charge in [0, 0.05) is 0 Å². The number of nitrogens with one attached hydrogen (secondary N) is 2. The van der Waals surface area contributed by atoms with E-state index in [4.69, 9.17) is 5.11 Å². The Morgan fingerprint density at radius 1 is 1.10 bits per heavy atom. The Kier molecular flexibility index (Phi) is 6.21. The van der Waals surface area contributed by atoms with E-state index in [1.54, 1.807) is 0 Å². The lowest BCUT2D eigenvalue weighted by Gasteiger charge is -2.19. The van der Waals surface area contributed by atoms with Crippen molar-refractivity contribution in [3.63, 3.8) is 0 Å².